The Bertz CT molecular complexity index is 682. The maximum absolute atomic E-state index is 13.5. The largest absolute Gasteiger partial charge is 0.340 e. The Balaban J connectivity index is 2.39. The van der Waals surface area contributed by atoms with Gasteiger partial charge in [-0.1, -0.05) is 11.6 Å². The zero-order chi connectivity index (χ0) is 14.0. The second-order valence-corrected chi connectivity index (χ2v) is 5.12. The Labute approximate surface area is 123 Å². The third kappa shape index (κ3) is 3.22. The maximum atomic E-state index is 13.5. The van der Waals surface area contributed by atoms with Crippen molar-refractivity contribution < 1.29 is 4.39 Å². The van der Waals surface area contributed by atoms with Gasteiger partial charge in [0.05, 0.1) is 16.1 Å². The van der Waals surface area contributed by atoms with E-state index in [1.807, 2.05) is 13.0 Å². The van der Waals surface area contributed by atoms with Crippen LogP contribution in [0.1, 0.15) is 11.1 Å². The molecule has 6 heteroatoms. The number of benzene rings is 1. The lowest BCUT2D eigenvalue weighted by Crippen LogP contribution is -1.98. The molecule has 1 N–H and O–H groups in total. The Morgan fingerprint density at radius 3 is 2.79 bits per heavy atom. The number of halogens is 3. The van der Waals surface area contributed by atoms with E-state index in [-0.39, 0.29) is 11.0 Å². The first-order chi connectivity index (χ1) is 8.99. The van der Waals surface area contributed by atoms with Crippen LogP contribution in [0.25, 0.3) is 0 Å². The van der Waals surface area contributed by atoms with Crippen LogP contribution in [0.4, 0.5) is 15.9 Å². The number of aromatic nitrogens is 1. The van der Waals surface area contributed by atoms with Crippen LogP contribution in [0.15, 0.2) is 28.7 Å². The van der Waals surface area contributed by atoms with Crippen LogP contribution in [0, 0.1) is 24.1 Å². The number of nitrogens with one attached hydrogen (secondary N) is 1. The maximum Gasteiger partial charge on any atom is 0.139 e. The Morgan fingerprint density at radius 1 is 1.37 bits per heavy atom. The van der Waals surface area contributed by atoms with Gasteiger partial charge in [0.2, 0.25) is 0 Å². The summed E-state index contributed by atoms with van der Waals surface area (Å²) < 4.78 is 13.9. The van der Waals surface area contributed by atoms with Gasteiger partial charge in [-0.2, -0.15) is 5.26 Å². The topological polar surface area (TPSA) is 48.7 Å². The number of pyridine rings is 1. The third-order valence-electron chi connectivity index (χ3n) is 2.45. The zero-order valence-corrected chi connectivity index (χ0v) is 12.2. The number of nitrogens with zero attached hydrogens (tertiary/aromatic N) is 2. The molecule has 1 aromatic heterocycles. The van der Waals surface area contributed by atoms with Crippen molar-refractivity contribution in [3.8, 4) is 6.07 Å². The standard InChI is InChI=1S/C13H8BrClFN3/c1-7-2-9(14)10(16)5-11(7)18-13-4-8(6-17)3-12(15)19-13/h2-5H,1H3,(H,18,19). The molecule has 0 saturated carbocycles. The molecule has 0 bridgehead atoms. The normalized spacial score (nSPS) is 10.1. The molecule has 0 aliphatic heterocycles. The fourth-order valence-electron chi connectivity index (χ4n) is 1.54. The summed E-state index contributed by atoms with van der Waals surface area (Å²) in [5, 5.41) is 12.0. The highest BCUT2D eigenvalue weighted by atomic mass is 79.9. The molecule has 19 heavy (non-hydrogen) atoms. The molecule has 2 rings (SSSR count). The molecule has 0 atom stereocenters. The molecular formula is C13H8BrClFN3. The first-order valence-corrected chi connectivity index (χ1v) is 6.47. The molecule has 0 aliphatic carbocycles. The summed E-state index contributed by atoms with van der Waals surface area (Å²) in [6, 6.07) is 8.01. The van der Waals surface area contributed by atoms with E-state index in [0.717, 1.165) is 5.56 Å². The molecule has 0 radical (unpaired) electrons. The SMILES string of the molecule is Cc1cc(Br)c(F)cc1Nc1cc(C#N)cc(Cl)n1. The minimum Gasteiger partial charge on any atom is -0.340 e. The summed E-state index contributed by atoms with van der Waals surface area (Å²) >= 11 is 8.92. The van der Waals surface area contributed by atoms with Gasteiger partial charge < -0.3 is 5.32 Å². The van der Waals surface area contributed by atoms with Crippen LogP contribution >= 0.6 is 27.5 Å². The summed E-state index contributed by atoms with van der Waals surface area (Å²) in [5.41, 5.74) is 1.80. The second-order valence-electron chi connectivity index (χ2n) is 3.88. The highest BCUT2D eigenvalue weighted by molar-refractivity contribution is 9.10. The molecule has 3 nitrogen and oxygen atoms in total. The summed E-state index contributed by atoms with van der Waals surface area (Å²) in [7, 11) is 0. The average Bonchev–Trinajstić information content (AvgIpc) is 2.35. The highest BCUT2D eigenvalue weighted by Crippen LogP contribution is 2.26. The van der Waals surface area contributed by atoms with Gasteiger partial charge >= 0.3 is 0 Å². The lowest BCUT2D eigenvalue weighted by Gasteiger charge is -2.10. The van der Waals surface area contributed by atoms with Crippen LogP contribution < -0.4 is 5.32 Å². The molecule has 96 valence electrons. The van der Waals surface area contributed by atoms with Gasteiger partial charge in [0.25, 0.3) is 0 Å². The molecule has 0 amide bonds. The minimum atomic E-state index is -0.379. The van der Waals surface area contributed by atoms with Crippen molar-refractivity contribution in [3.63, 3.8) is 0 Å². The van der Waals surface area contributed by atoms with Gasteiger partial charge in [-0.15, -0.1) is 0 Å². The predicted molar refractivity (Wildman–Crippen MR) is 76.1 cm³/mol. The molecule has 2 aromatic rings. The van der Waals surface area contributed by atoms with E-state index in [1.165, 1.54) is 12.1 Å². The number of aryl methyl sites for hydroxylation is 1. The van der Waals surface area contributed by atoms with Crippen LogP contribution in [0.2, 0.25) is 5.15 Å². The lowest BCUT2D eigenvalue weighted by molar-refractivity contribution is 0.621. The van der Waals surface area contributed by atoms with Crippen molar-refractivity contribution in [2.24, 2.45) is 0 Å². The Kier molecular flexibility index (Phi) is 4.03. The zero-order valence-electron chi connectivity index (χ0n) is 9.84. The number of hydrogen-bond acceptors (Lipinski definition) is 3. The molecule has 0 fully saturated rings. The van der Waals surface area contributed by atoms with Gasteiger partial charge in [0.15, 0.2) is 0 Å². The third-order valence-corrected chi connectivity index (χ3v) is 3.25. The minimum absolute atomic E-state index is 0.205. The van der Waals surface area contributed by atoms with E-state index in [4.69, 9.17) is 16.9 Å². The first-order valence-electron chi connectivity index (χ1n) is 5.30. The van der Waals surface area contributed by atoms with E-state index in [0.29, 0.717) is 21.5 Å². The highest BCUT2D eigenvalue weighted by Gasteiger charge is 2.07. The number of rotatable bonds is 2. The van der Waals surface area contributed by atoms with Gasteiger partial charge in [0, 0.05) is 5.69 Å². The van der Waals surface area contributed by atoms with Crippen molar-refractivity contribution >= 4 is 39.0 Å². The average molecular weight is 341 g/mol. The molecule has 1 heterocycles. The first kappa shape index (κ1) is 13.8. The summed E-state index contributed by atoms with van der Waals surface area (Å²) in [4.78, 5) is 4.04. The Morgan fingerprint density at radius 2 is 2.11 bits per heavy atom. The van der Waals surface area contributed by atoms with Gasteiger partial charge in [-0.3, -0.25) is 0 Å². The van der Waals surface area contributed by atoms with Gasteiger partial charge in [-0.05, 0) is 52.7 Å². The van der Waals surface area contributed by atoms with Crippen molar-refractivity contribution in [2.75, 3.05) is 5.32 Å². The lowest BCUT2D eigenvalue weighted by atomic mass is 10.2. The predicted octanol–water partition coefficient (Wildman–Crippen LogP) is 4.56. The van der Waals surface area contributed by atoms with E-state index in [1.54, 1.807) is 12.1 Å². The summed E-state index contributed by atoms with van der Waals surface area (Å²) in [6.07, 6.45) is 0. The second kappa shape index (κ2) is 5.55. The van der Waals surface area contributed by atoms with Crippen molar-refractivity contribution in [1.29, 1.82) is 5.26 Å². The van der Waals surface area contributed by atoms with Gasteiger partial charge in [-0.25, -0.2) is 9.37 Å². The van der Waals surface area contributed by atoms with Crippen LogP contribution in [0.5, 0.6) is 0 Å². The molecule has 0 saturated heterocycles. The smallest absolute Gasteiger partial charge is 0.139 e. The number of hydrogen-bond donors (Lipinski definition) is 1. The number of anilines is 2. The van der Waals surface area contributed by atoms with Crippen LogP contribution in [-0.4, -0.2) is 4.98 Å². The summed E-state index contributed by atoms with van der Waals surface area (Å²) in [6.45, 7) is 1.84. The molecule has 1 aromatic carbocycles. The molecule has 0 spiro atoms. The van der Waals surface area contributed by atoms with Crippen molar-refractivity contribution in [1.82, 2.24) is 4.98 Å². The van der Waals surface area contributed by atoms with Crippen LogP contribution in [-0.2, 0) is 0 Å². The summed E-state index contributed by atoms with van der Waals surface area (Å²) in [5.74, 6) is 0.0181. The fourth-order valence-corrected chi connectivity index (χ4v) is 2.21. The number of nitriles is 1. The fraction of sp³-hybridized carbons (Fsp3) is 0.0769. The molecule has 0 unspecified atom stereocenters. The van der Waals surface area contributed by atoms with E-state index >= 15 is 0 Å². The van der Waals surface area contributed by atoms with Gasteiger partial charge in [0.1, 0.15) is 16.8 Å². The van der Waals surface area contributed by atoms with Crippen LogP contribution in [0.3, 0.4) is 0 Å². The van der Waals surface area contributed by atoms with E-state index in [2.05, 4.69) is 26.2 Å². The monoisotopic (exact) mass is 339 g/mol. The quantitative estimate of drug-likeness (QED) is 0.815. The Hall–Kier alpha value is -1.64. The van der Waals surface area contributed by atoms with Crippen molar-refractivity contribution in [2.45, 2.75) is 6.92 Å². The van der Waals surface area contributed by atoms with E-state index in [9.17, 15) is 4.39 Å². The van der Waals surface area contributed by atoms with E-state index < -0.39 is 0 Å². The molecular weight excluding hydrogens is 333 g/mol. The van der Waals surface area contributed by atoms with Crippen molar-refractivity contribution in [3.05, 3.63) is 50.8 Å². The molecule has 0 aliphatic rings.